The van der Waals surface area contributed by atoms with E-state index in [1.807, 2.05) is 6.92 Å². The minimum Gasteiger partial charge on any atom is -0.427 e. The van der Waals surface area contributed by atoms with Gasteiger partial charge in [0.15, 0.2) is 0 Å². The SMILES string of the molecule is CCCc1nc(CC)cn1O. The van der Waals surface area contributed by atoms with Crippen LogP contribution in [0.15, 0.2) is 6.20 Å². The predicted molar refractivity (Wildman–Crippen MR) is 42.8 cm³/mol. The molecule has 0 fully saturated rings. The van der Waals surface area contributed by atoms with Crippen LogP contribution in [0.2, 0.25) is 0 Å². The zero-order valence-corrected chi connectivity index (χ0v) is 7.04. The first-order valence-corrected chi connectivity index (χ1v) is 4.04. The van der Waals surface area contributed by atoms with Gasteiger partial charge in [0.1, 0.15) is 5.82 Å². The van der Waals surface area contributed by atoms with E-state index >= 15 is 0 Å². The van der Waals surface area contributed by atoms with E-state index in [1.54, 1.807) is 6.20 Å². The van der Waals surface area contributed by atoms with Crippen LogP contribution in [0.5, 0.6) is 0 Å². The molecule has 0 saturated heterocycles. The summed E-state index contributed by atoms with van der Waals surface area (Å²) >= 11 is 0. The van der Waals surface area contributed by atoms with Crippen molar-refractivity contribution in [1.29, 1.82) is 0 Å². The van der Waals surface area contributed by atoms with Crippen molar-refractivity contribution in [2.75, 3.05) is 0 Å². The molecule has 0 aliphatic rings. The summed E-state index contributed by atoms with van der Waals surface area (Å²) in [5, 5.41) is 9.25. The quantitative estimate of drug-likeness (QED) is 0.672. The van der Waals surface area contributed by atoms with E-state index in [0.29, 0.717) is 0 Å². The van der Waals surface area contributed by atoms with Gasteiger partial charge in [0.2, 0.25) is 0 Å². The molecule has 1 N–H and O–H groups in total. The maximum atomic E-state index is 9.25. The molecular formula is C8H14N2O. The Bertz CT molecular complexity index is 230. The van der Waals surface area contributed by atoms with Gasteiger partial charge in [-0.15, -0.1) is 0 Å². The van der Waals surface area contributed by atoms with E-state index in [0.717, 1.165) is 35.5 Å². The van der Waals surface area contributed by atoms with Crippen molar-refractivity contribution < 1.29 is 5.21 Å². The zero-order valence-electron chi connectivity index (χ0n) is 7.04. The highest BCUT2D eigenvalue weighted by Gasteiger charge is 2.03. The Labute approximate surface area is 66.6 Å². The summed E-state index contributed by atoms with van der Waals surface area (Å²) in [5.74, 6) is 0.768. The summed E-state index contributed by atoms with van der Waals surface area (Å²) in [6, 6.07) is 0. The Morgan fingerprint density at radius 2 is 2.27 bits per heavy atom. The van der Waals surface area contributed by atoms with Crippen LogP contribution in [0.4, 0.5) is 0 Å². The van der Waals surface area contributed by atoms with E-state index in [1.165, 1.54) is 0 Å². The van der Waals surface area contributed by atoms with Gasteiger partial charge in [-0.2, -0.15) is 4.73 Å². The monoisotopic (exact) mass is 154 g/mol. The number of aromatic nitrogens is 2. The molecular weight excluding hydrogens is 140 g/mol. The molecule has 1 heterocycles. The lowest BCUT2D eigenvalue weighted by Crippen LogP contribution is -1.96. The average Bonchev–Trinajstić information content (AvgIpc) is 2.33. The third-order valence-corrected chi connectivity index (χ3v) is 1.64. The second-order valence-electron chi connectivity index (χ2n) is 2.60. The molecule has 11 heavy (non-hydrogen) atoms. The summed E-state index contributed by atoms with van der Waals surface area (Å²) in [7, 11) is 0. The van der Waals surface area contributed by atoms with Gasteiger partial charge in [-0.3, -0.25) is 0 Å². The summed E-state index contributed by atoms with van der Waals surface area (Å²) in [5.41, 5.74) is 0.955. The van der Waals surface area contributed by atoms with Gasteiger partial charge < -0.3 is 5.21 Å². The van der Waals surface area contributed by atoms with E-state index < -0.39 is 0 Å². The first-order chi connectivity index (χ1) is 5.27. The Morgan fingerprint density at radius 3 is 2.73 bits per heavy atom. The molecule has 0 unspecified atom stereocenters. The molecule has 62 valence electrons. The molecule has 0 atom stereocenters. The van der Waals surface area contributed by atoms with E-state index in [9.17, 15) is 5.21 Å². The first kappa shape index (κ1) is 8.11. The van der Waals surface area contributed by atoms with E-state index in [-0.39, 0.29) is 0 Å². The molecule has 3 nitrogen and oxygen atoms in total. The minimum absolute atomic E-state index is 0.768. The van der Waals surface area contributed by atoms with Crippen molar-refractivity contribution in [2.45, 2.75) is 33.1 Å². The molecule has 0 amide bonds. The van der Waals surface area contributed by atoms with Gasteiger partial charge in [-0.05, 0) is 12.8 Å². The van der Waals surface area contributed by atoms with E-state index in [2.05, 4.69) is 11.9 Å². The van der Waals surface area contributed by atoms with Crippen LogP contribution in [-0.4, -0.2) is 14.9 Å². The van der Waals surface area contributed by atoms with Crippen LogP contribution in [0.3, 0.4) is 0 Å². The largest absolute Gasteiger partial charge is 0.427 e. The Morgan fingerprint density at radius 1 is 1.55 bits per heavy atom. The molecule has 0 aromatic carbocycles. The van der Waals surface area contributed by atoms with Crippen molar-refractivity contribution in [3.05, 3.63) is 17.7 Å². The summed E-state index contributed by atoms with van der Waals surface area (Å²) < 4.78 is 1.13. The van der Waals surface area contributed by atoms with Gasteiger partial charge in [0.25, 0.3) is 0 Å². The fourth-order valence-electron chi connectivity index (χ4n) is 1.03. The van der Waals surface area contributed by atoms with Crippen molar-refractivity contribution in [1.82, 2.24) is 9.71 Å². The molecule has 0 aliphatic heterocycles. The summed E-state index contributed by atoms with van der Waals surface area (Å²) in [6.45, 7) is 4.10. The number of imidazole rings is 1. The normalized spacial score (nSPS) is 10.4. The third kappa shape index (κ3) is 1.73. The first-order valence-electron chi connectivity index (χ1n) is 4.04. The lowest BCUT2D eigenvalue weighted by atomic mass is 10.3. The Kier molecular flexibility index (Phi) is 2.52. The number of hydrogen-bond acceptors (Lipinski definition) is 2. The predicted octanol–water partition coefficient (Wildman–Crippen LogP) is 1.64. The lowest BCUT2D eigenvalue weighted by Gasteiger charge is -1.94. The molecule has 1 aromatic heterocycles. The summed E-state index contributed by atoms with van der Waals surface area (Å²) in [4.78, 5) is 4.23. The maximum absolute atomic E-state index is 9.25. The highest BCUT2D eigenvalue weighted by atomic mass is 16.5. The average molecular weight is 154 g/mol. The number of aryl methyl sites for hydroxylation is 2. The number of rotatable bonds is 3. The van der Waals surface area contributed by atoms with Gasteiger partial charge in [0.05, 0.1) is 11.9 Å². The van der Waals surface area contributed by atoms with Crippen molar-refractivity contribution in [3.8, 4) is 0 Å². The van der Waals surface area contributed by atoms with Crippen LogP contribution in [0, 0.1) is 0 Å². The molecule has 1 rings (SSSR count). The molecule has 0 aliphatic carbocycles. The standard InChI is InChI=1S/C8H14N2O/c1-3-5-8-9-7(4-2)6-10(8)11/h6,11H,3-5H2,1-2H3. The highest BCUT2D eigenvalue weighted by Crippen LogP contribution is 2.03. The molecule has 0 spiro atoms. The smallest absolute Gasteiger partial charge is 0.144 e. The molecule has 0 saturated carbocycles. The molecule has 1 aromatic rings. The minimum atomic E-state index is 0.768. The Hall–Kier alpha value is -0.990. The lowest BCUT2D eigenvalue weighted by molar-refractivity contribution is 0.175. The Balaban J connectivity index is 2.79. The topological polar surface area (TPSA) is 38.0 Å². The fraction of sp³-hybridized carbons (Fsp3) is 0.625. The van der Waals surface area contributed by atoms with Crippen molar-refractivity contribution >= 4 is 0 Å². The van der Waals surface area contributed by atoms with Crippen molar-refractivity contribution in [2.24, 2.45) is 0 Å². The van der Waals surface area contributed by atoms with Crippen LogP contribution in [0.25, 0.3) is 0 Å². The summed E-state index contributed by atoms with van der Waals surface area (Å²) in [6.07, 6.45) is 4.41. The highest BCUT2D eigenvalue weighted by molar-refractivity contribution is 5.02. The van der Waals surface area contributed by atoms with Gasteiger partial charge >= 0.3 is 0 Å². The number of hydrogen-bond donors (Lipinski definition) is 1. The van der Waals surface area contributed by atoms with Crippen LogP contribution < -0.4 is 0 Å². The molecule has 3 heteroatoms. The number of nitrogens with zero attached hydrogens (tertiary/aromatic N) is 2. The van der Waals surface area contributed by atoms with E-state index in [4.69, 9.17) is 0 Å². The van der Waals surface area contributed by atoms with Crippen LogP contribution >= 0.6 is 0 Å². The van der Waals surface area contributed by atoms with Gasteiger partial charge in [-0.25, -0.2) is 4.98 Å². The van der Waals surface area contributed by atoms with Gasteiger partial charge in [-0.1, -0.05) is 13.8 Å². The second-order valence-corrected chi connectivity index (χ2v) is 2.60. The molecule has 0 radical (unpaired) electrons. The van der Waals surface area contributed by atoms with Crippen LogP contribution in [0.1, 0.15) is 31.8 Å². The molecule has 0 bridgehead atoms. The van der Waals surface area contributed by atoms with Crippen molar-refractivity contribution in [3.63, 3.8) is 0 Å². The fourth-order valence-corrected chi connectivity index (χ4v) is 1.03. The van der Waals surface area contributed by atoms with Gasteiger partial charge in [0, 0.05) is 6.42 Å². The van der Waals surface area contributed by atoms with Crippen LogP contribution in [-0.2, 0) is 12.8 Å². The maximum Gasteiger partial charge on any atom is 0.144 e. The third-order valence-electron chi connectivity index (χ3n) is 1.64. The second kappa shape index (κ2) is 3.42. The zero-order chi connectivity index (χ0) is 8.27.